The average molecular weight is 513 g/mol. The third kappa shape index (κ3) is 4.58. The average Bonchev–Trinajstić information content (AvgIpc) is 3.37. The third-order valence-corrected chi connectivity index (χ3v) is 8.20. The molecule has 0 radical (unpaired) electrons. The van der Waals surface area contributed by atoms with Gasteiger partial charge in [0.1, 0.15) is 11.1 Å². The molecule has 0 unspecified atom stereocenters. The molecule has 1 saturated heterocycles. The molecule has 7 nitrogen and oxygen atoms in total. The van der Waals surface area contributed by atoms with Gasteiger partial charge in [-0.15, -0.1) is 0 Å². The van der Waals surface area contributed by atoms with Gasteiger partial charge in [-0.05, 0) is 41.0 Å². The highest BCUT2D eigenvalue weighted by molar-refractivity contribution is 7.22. The van der Waals surface area contributed by atoms with Gasteiger partial charge in [-0.1, -0.05) is 60.7 Å². The topological polar surface area (TPSA) is 78.7 Å². The van der Waals surface area contributed by atoms with Gasteiger partial charge in [0.15, 0.2) is 5.13 Å². The zero-order valence-corrected chi connectivity index (χ0v) is 21.5. The molecule has 0 bridgehead atoms. The van der Waals surface area contributed by atoms with Gasteiger partial charge in [-0.25, -0.2) is 9.78 Å². The SMILES string of the molecule is CCc1cccc2sc(N3CCN(CCNC(=O)c4cc5c(ccc6ccccc65)oc4=O)CC3)nc12. The maximum Gasteiger partial charge on any atom is 0.349 e. The van der Waals surface area contributed by atoms with E-state index in [1.54, 1.807) is 23.5 Å². The van der Waals surface area contributed by atoms with Gasteiger partial charge >= 0.3 is 5.63 Å². The van der Waals surface area contributed by atoms with Crippen molar-refractivity contribution in [2.75, 3.05) is 44.2 Å². The van der Waals surface area contributed by atoms with Gasteiger partial charge in [0.25, 0.3) is 5.91 Å². The van der Waals surface area contributed by atoms with E-state index < -0.39 is 11.5 Å². The zero-order valence-electron chi connectivity index (χ0n) is 20.7. The molecule has 2 aromatic heterocycles. The number of aromatic nitrogens is 1. The van der Waals surface area contributed by atoms with Gasteiger partial charge in [0, 0.05) is 44.7 Å². The lowest BCUT2D eigenvalue weighted by Crippen LogP contribution is -2.48. The molecule has 0 atom stereocenters. The minimum absolute atomic E-state index is 0.0379. The molecule has 0 aliphatic carbocycles. The molecule has 8 heteroatoms. The molecule has 3 aromatic carbocycles. The molecule has 5 aromatic rings. The van der Waals surface area contributed by atoms with Crippen molar-refractivity contribution in [3.8, 4) is 0 Å². The van der Waals surface area contributed by atoms with E-state index in [4.69, 9.17) is 9.40 Å². The number of carbonyl (C=O) groups excluding carboxylic acids is 1. The van der Waals surface area contributed by atoms with Crippen LogP contribution in [-0.2, 0) is 6.42 Å². The maximum absolute atomic E-state index is 12.9. The first-order valence-electron chi connectivity index (χ1n) is 12.7. The second kappa shape index (κ2) is 9.95. The largest absolute Gasteiger partial charge is 0.422 e. The highest BCUT2D eigenvalue weighted by Crippen LogP contribution is 2.31. The summed E-state index contributed by atoms with van der Waals surface area (Å²) in [5, 5.41) is 6.74. The molecule has 0 spiro atoms. The highest BCUT2D eigenvalue weighted by atomic mass is 32.1. The molecule has 188 valence electrons. The fraction of sp³-hybridized carbons (Fsp3) is 0.276. The Morgan fingerprint density at radius 3 is 2.70 bits per heavy atom. The summed E-state index contributed by atoms with van der Waals surface area (Å²) < 4.78 is 6.71. The summed E-state index contributed by atoms with van der Waals surface area (Å²) in [5.74, 6) is -0.400. The number of hydrogen-bond donors (Lipinski definition) is 1. The minimum Gasteiger partial charge on any atom is -0.422 e. The summed E-state index contributed by atoms with van der Waals surface area (Å²) in [4.78, 5) is 35.0. The van der Waals surface area contributed by atoms with E-state index in [9.17, 15) is 9.59 Å². The lowest BCUT2D eigenvalue weighted by atomic mass is 10.0. The fourth-order valence-electron chi connectivity index (χ4n) is 5.03. The van der Waals surface area contributed by atoms with Crippen LogP contribution in [0.15, 0.2) is 69.9 Å². The Bertz CT molecular complexity index is 1670. The van der Waals surface area contributed by atoms with Crippen molar-refractivity contribution in [1.82, 2.24) is 15.2 Å². The summed E-state index contributed by atoms with van der Waals surface area (Å²) in [5.41, 5.74) is 2.33. The molecule has 1 amide bonds. The fourth-order valence-corrected chi connectivity index (χ4v) is 6.10. The molecular weight excluding hydrogens is 484 g/mol. The van der Waals surface area contributed by atoms with Gasteiger partial charge < -0.3 is 14.6 Å². The number of benzene rings is 3. The van der Waals surface area contributed by atoms with E-state index >= 15 is 0 Å². The Balaban J connectivity index is 1.07. The first-order chi connectivity index (χ1) is 18.1. The smallest absolute Gasteiger partial charge is 0.349 e. The molecule has 1 fully saturated rings. The van der Waals surface area contributed by atoms with E-state index in [1.807, 2.05) is 30.3 Å². The van der Waals surface area contributed by atoms with Crippen LogP contribution in [0, 0.1) is 0 Å². The van der Waals surface area contributed by atoms with E-state index in [0.717, 1.165) is 66.0 Å². The van der Waals surface area contributed by atoms with Crippen LogP contribution >= 0.6 is 11.3 Å². The number of thiazole rings is 1. The van der Waals surface area contributed by atoms with Crippen molar-refractivity contribution in [1.29, 1.82) is 0 Å². The van der Waals surface area contributed by atoms with Gasteiger partial charge in [0.2, 0.25) is 0 Å². The highest BCUT2D eigenvalue weighted by Gasteiger charge is 2.21. The van der Waals surface area contributed by atoms with Crippen LogP contribution in [0.2, 0.25) is 0 Å². The molecule has 1 aliphatic rings. The van der Waals surface area contributed by atoms with E-state index in [-0.39, 0.29) is 5.56 Å². The molecule has 3 heterocycles. The van der Waals surface area contributed by atoms with Crippen molar-refractivity contribution in [3.05, 3.63) is 82.2 Å². The van der Waals surface area contributed by atoms with Crippen LogP contribution in [0.1, 0.15) is 22.8 Å². The number of fused-ring (bicyclic) bond motifs is 4. The number of nitrogens with one attached hydrogen (secondary N) is 1. The molecule has 1 N–H and O–H groups in total. The Morgan fingerprint density at radius 1 is 1.03 bits per heavy atom. The Hall–Kier alpha value is -3.75. The first-order valence-corrected chi connectivity index (χ1v) is 13.5. The third-order valence-electron chi connectivity index (χ3n) is 7.12. The first kappa shape index (κ1) is 23.6. The number of piperazine rings is 1. The summed E-state index contributed by atoms with van der Waals surface area (Å²) in [6.07, 6.45) is 0.984. The van der Waals surface area contributed by atoms with Crippen LogP contribution in [0.25, 0.3) is 32.0 Å². The van der Waals surface area contributed by atoms with Crippen LogP contribution in [0.4, 0.5) is 5.13 Å². The van der Waals surface area contributed by atoms with E-state index in [2.05, 4.69) is 40.2 Å². The van der Waals surface area contributed by atoms with Crippen LogP contribution in [0.5, 0.6) is 0 Å². The predicted octanol–water partition coefficient (Wildman–Crippen LogP) is 4.67. The Kier molecular flexibility index (Phi) is 6.36. The van der Waals surface area contributed by atoms with Crippen molar-refractivity contribution in [3.63, 3.8) is 0 Å². The summed E-state index contributed by atoms with van der Waals surface area (Å²) in [7, 11) is 0. The van der Waals surface area contributed by atoms with E-state index in [1.165, 1.54) is 10.3 Å². The number of rotatable bonds is 6. The number of nitrogens with zero attached hydrogens (tertiary/aromatic N) is 3. The molecule has 0 saturated carbocycles. The normalized spacial score (nSPS) is 14.6. The summed E-state index contributed by atoms with van der Waals surface area (Å²) >= 11 is 1.76. The minimum atomic E-state index is -0.615. The van der Waals surface area contributed by atoms with Gasteiger partial charge in [-0.3, -0.25) is 9.69 Å². The Morgan fingerprint density at radius 2 is 1.86 bits per heavy atom. The lowest BCUT2D eigenvalue weighted by molar-refractivity contribution is 0.0944. The zero-order chi connectivity index (χ0) is 25.4. The van der Waals surface area contributed by atoms with Crippen molar-refractivity contribution < 1.29 is 9.21 Å². The lowest BCUT2D eigenvalue weighted by Gasteiger charge is -2.34. The monoisotopic (exact) mass is 512 g/mol. The van der Waals surface area contributed by atoms with Crippen molar-refractivity contribution in [2.24, 2.45) is 0 Å². The van der Waals surface area contributed by atoms with Crippen LogP contribution in [0.3, 0.4) is 0 Å². The summed E-state index contributed by atoms with van der Waals surface area (Å²) in [6.45, 7) is 6.95. The number of para-hydroxylation sites is 1. The van der Waals surface area contributed by atoms with Crippen molar-refractivity contribution in [2.45, 2.75) is 13.3 Å². The second-order valence-electron chi connectivity index (χ2n) is 9.34. The molecular formula is C29H28N4O3S. The summed E-state index contributed by atoms with van der Waals surface area (Å²) in [6, 6.07) is 19.6. The van der Waals surface area contributed by atoms with Gasteiger partial charge in [0.05, 0.1) is 10.2 Å². The number of amides is 1. The van der Waals surface area contributed by atoms with Crippen molar-refractivity contribution >= 4 is 54.3 Å². The van der Waals surface area contributed by atoms with Crippen LogP contribution in [-0.4, -0.2) is 55.1 Å². The van der Waals surface area contributed by atoms with Gasteiger partial charge in [-0.2, -0.15) is 0 Å². The number of aryl methyl sites for hydroxylation is 1. The maximum atomic E-state index is 12.9. The number of anilines is 1. The second-order valence-corrected chi connectivity index (χ2v) is 10.4. The number of carbonyl (C=O) groups is 1. The molecule has 6 rings (SSSR count). The predicted molar refractivity (Wildman–Crippen MR) is 150 cm³/mol. The molecule has 37 heavy (non-hydrogen) atoms. The standard InChI is InChI=1S/C29H28N4O3S/c1-2-19-7-5-9-25-26(19)31-29(37-25)33-16-14-32(15-17-33)13-12-30-27(34)23-18-22-21-8-4-3-6-20(21)10-11-24(22)36-28(23)35/h3-11,18H,2,12-17H2,1H3,(H,30,34). The van der Waals surface area contributed by atoms with Crippen LogP contribution < -0.4 is 15.8 Å². The van der Waals surface area contributed by atoms with E-state index in [0.29, 0.717) is 12.1 Å². The molecule has 1 aliphatic heterocycles. The Labute approximate surface area is 218 Å². The number of hydrogen-bond acceptors (Lipinski definition) is 7. The quantitative estimate of drug-likeness (QED) is 0.263.